The minimum atomic E-state index is -0.320. The highest BCUT2D eigenvalue weighted by Crippen LogP contribution is 2.14. The molecule has 0 unspecified atom stereocenters. The van der Waals surface area contributed by atoms with Gasteiger partial charge in [0.25, 0.3) is 5.91 Å². The first kappa shape index (κ1) is 17.9. The molecule has 0 spiro atoms. The van der Waals surface area contributed by atoms with Crippen molar-refractivity contribution in [2.45, 2.75) is 12.8 Å². The smallest absolute Gasteiger partial charge is 0.252 e. The highest BCUT2D eigenvalue weighted by atomic mass is 35.5. The number of amides is 2. The third kappa shape index (κ3) is 5.35. The fraction of sp³-hybridized carbons (Fsp3) is 0.222. The molecule has 0 radical (unpaired) electrons. The molecule has 126 valence electrons. The van der Waals surface area contributed by atoms with Crippen LogP contribution in [0.1, 0.15) is 22.3 Å². The molecule has 2 amide bonds. The maximum absolute atomic E-state index is 13.4. The number of benzene rings is 2. The van der Waals surface area contributed by atoms with Crippen LogP contribution in [0.5, 0.6) is 0 Å². The molecular weight excluding hydrogens is 331 g/mol. The second kappa shape index (κ2) is 9.03. The summed E-state index contributed by atoms with van der Waals surface area (Å²) in [5, 5.41) is 5.71. The van der Waals surface area contributed by atoms with Crippen molar-refractivity contribution in [3.05, 3.63) is 70.5 Å². The van der Waals surface area contributed by atoms with E-state index in [9.17, 15) is 14.0 Å². The van der Waals surface area contributed by atoms with Crippen LogP contribution in [0.2, 0.25) is 5.02 Å². The lowest BCUT2D eigenvalue weighted by Crippen LogP contribution is -2.31. The Balaban J connectivity index is 1.67. The zero-order valence-electron chi connectivity index (χ0n) is 13.0. The van der Waals surface area contributed by atoms with Crippen molar-refractivity contribution in [3.8, 4) is 0 Å². The molecule has 0 saturated carbocycles. The Kier molecular flexibility index (Phi) is 6.75. The molecule has 0 aromatic heterocycles. The number of carbonyl (C=O) groups is 2. The van der Waals surface area contributed by atoms with Crippen molar-refractivity contribution in [1.29, 1.82) is 0 Å². The van der Waals surface area contributed by atoms with Gasteiger partial charge in [-0.3, -0.25) is 9.59 Å². The van der Waals surface area contributed by atoms with Gasteiger partial charge in [0.05, 0.1) is 10.6 Å². The van der Waals surface area contributed by atoms with Gasteiger partial charge in [-0.05, 0) is 30.2 Å². The maximum atomic E-state index is 13.4. The van der Waals surface area contributed by atoms with Crippen LogP contribution in [0.25, 0.3) is 0 Å². The summed E-state index contributed by atoms with van der Waals surface area (Å²) in [6.07, 6.45) is 0.567. The Bertz CT molecular complexity index is 722. The van der Waals surface area contributed by atoms with E-state index in [4.69, 9.17) is 11.6 Å². The summed E-state index contributed by atoms with van der Waals surface area (Å²) in [6, 6.07) is 13.2. The molecule has 6 heteroatoms. The van der Waals surface area contributed by atoms with Gasteiger partial charge in [-0.2, -0.15) is 0 Å². The largest absolute Gasteiger partial charge is 0.356 e. The SMILES string of the molecule is O=C(CCNC(=O)c1ccccc1Cl)NCCc1ccccc1F. The number of carbonyl (C=O) groups excluding carboxylic acids is 2. The van der Waals surface area contributed by atoms with Gasteiger partial charge in [0.1, 0.15) is 5.82 Å². The van der Waals surface area contributed by atoms with Crippen molar-refractivity contribution >= 4 is 23.4 Å². The predicted octanol–water partition coefficient (Wildman–Crippen LogP) is 2.96. The van der Waals surface area contributed by atoms with Crippen LogP contribution in [0, 0.1) is 5.82 Å². The number of nitrogens with one attached hydrogen (secondary N) is 2. The quantitative estimate of drug-likeness (QED) is 0.808. The molecule has 0 saturated heterocycles. The Morgan fingerprint density at radius 2 is 1.67 bits per heavy atom. The van der Waals surface area contributed by atoms with E-state index in [1.54, 1.807) is 42.5 Å². The Hall–Kier alpha value is -2.40. The lowest BCUT2D eigenvalue weighted by Gasteiger charge is -2.08. The van der Waals surface area contributed by atoms with Gasteiger partial charge in [0.2, 0.25) is 5.91 Å². The summed E-state index contributed by atoms with van der Waals surface area (Å²) in [6.45, 7) is 0.549. The summed E-state index contributed by atoms with van der Waals surface area (Å²) in [5.74, 6) is -0.802. The highest BCUT2D eigenvalue weighted by Gasteiger charge is 2.09. The Morgan fingerprint density at radius 1 is 0.958 bits per heavy atom. The van der Waals surface area contributed by atoms with Gasteiger partial charge in [-0.15, -0.1) is 0 Å². The van der Waals surface area contributed by atoms with E-state index in [0.29, 0.717) is 29.1 Å². The molecule has 0 aliphatic carbocycles. The third-order valence-corrected chi connectivity index (χ3v) is 3.76. The Labute approximate surface area is 145 Å². The summed E-state index contributed by atoms with van der Waals surface area (Å²) < 4.78 is 13.4. The lowest BCUT2D eigenvalue weighted by atomic mass is 10.1. The van der Waals surface area contributed by atoms with Gasteiger partial charge in [-0.25, -0.2) is 4.39 Å². The van der Waals surface area contributed by atoms with E-state index in [1.165, 1.54) is 6.07 Å². The average molecular weight is 349 g/mol. The molecule has 2 rings (SSSR count). The van der Waals surface area contributed by atoms with Crippen molar-refractivity contribution < 1.29 is 14.0 Å². The second-order valence-corrected chi connectivity index (χ2v) is 5.58. The molecule has 0 atom stereocenters. The van der Waals surface area contributed by atoms with Gasteiger partial charge < -0.3 is 10.6 Å². The molecule has 0 aliphatic rings. The van der Waals surface area contributed by atoms with Gasteiger partial charge in [0, 0.05) is 19.5 Å². The van der Waals surface area contributed by atoms with Crippen LogP contribution < -0.4 is 10.6 Å². The standard InChI is InChI=1S/C18H18ClFN2O2/c19-15-7-3-2-6-14(15)18(24)22-12-10-17(23)21-11-9-13-5-1-4-8-16(13)20/h1-8H,9-12H2,(H,21,23)(H,22,24). The number of hydrogen-bond donors (Lipinski definition) is 2. The summed E-state index contributed by atoms with van der Waals surface area (Å²) >= 11 is 5.93. The summed E-state index contributed by atoms with van der Waals surface area (Å²) in [7, 11) is 0. The zero-order valence-corrected chi connectivity index (χ0v) is 13.8. The van der Waals surface area contributed by atoms with Gasteiger partial charge in [-0.1, -0.05) is 41.9 Å². The minimum absolute atomic E-state index is 0.146. The molecule has 0 heterocycles. The van der Waals surface area contributed by atoms with E-state index in [1.807, 2.05) is 0 Å². The first-order chi connectivity index (χ1) is 11.6. The Morgan fingerprint density at radius 3 is 2.42 bits per heavy atom. The molecule has 0 aliphatic heterocycles. The van der Waals surface area contributed by atoms with Crippen molar-refractivity contribution in [1.82, 2.24) is 10.6 Å². The fourth-order valence-electron chi connectivity index (χ4n) is 2.16. The maximum Gasteiger partial charge on any atom is 0.252 e. The average Bonchev–Trinajstić information content (AvgIpc) is 2.57. The molecule has 0 fully saturated rings. The van der Waals surface area contributed by atoms with Crippen LogP contribution in [0.4, 0.5) is 4.39 Å². The molecule has 2 aromatic rings. The van der Waals surface area contributed by atoms with E-state index < -0.39 is 0 Å². The number of hydrogen-bond acceptors (Lipinski definition) is 2. The molecule has 4 nitrogen and oxygen atoms in total. The summed E-state index contributed by atoms with van der Waals surface area (Å²) in [4.78, 5) is 23.6. The number of rotatable bonds is 7. The monoisotopic (exact) mass is 348 g/mol. The van der Waals surface area contributed by atoms with Gasteiger partial charge >= 0.3 is 0 Å². The van der Waals surface area contributed by atoms with Crippen molar-refractivity contribution in [2.24, 2.45) is 0 Å². The molecule has 24 heavy (non-hydrogen) atoms. The van der Waals surface area contributed by atoms with E-state index in [0.717, 1.165) is 0 Å². The normalized spacial score (nSPS) is 10.2. The van der Waals surface area contributed by atoms with E-state index >= 15 is 0 Å². The van der Waals surface area contributed by atoms with Crippen LogP contribution in [0.15, 0.2) is 48.5 Å². The molecule has 2 aromatic carbocycles. The number of halogens is 2. The van der Waals surface area contributed by atoms with E-state index in [2.05, 4.69) is 10.6 Å². The highest BCUT2D eigenvalue weighted by molar-refractivity contribution is 6.33. The lowest BCUT2D eigenvalue weighted by molar-refractivity contribution is -0.120. The first-order valence-corrected chi connectivity index (χ1v) is 7.98. The third-order valence-electron chi connectivity index (χ3n) is 3.43. The van der Waals surface area contributed by atoms with Crippen molar-refractivity contribution in [3.63, 3.8) is 0 Å². The summed E-state index contributed by atoms with van der Waals surface area (Å²) in [5.41, 5.74) is 0.934. The molecule has 0 bridgehead atoms. The van der Waals surface area contributed by atoms with Gasteiger partial charge in [0.15, 0.2) is 0 Å². The molecule has 2 N–H and O–H groups in total. The van der Waals surface area contributed by atoms with Crippen LogP contribution >= 0.6 is 11.6 Å². The zero-order chi connectivity index (χ0) is 17.4. The predicted molar refractivity (Wildman–Crippen MR) is 91.5 cm³/mol. The second-order valence-electron chi connectivity index (χ2n) is 5.18. The van der Waals surface area contributed by atoms with E-state index in [-0.39, 0.29) is 30.6 Å². The minimum Gasteiger partial charge on any atom is -0.356 e. The van der Waals surface area contributed by atoms with Crippen molar-refractivity contribution in [2.75, 3.05) is 13.1 Å². The van der Waals surface area contributed by atoms with Crippen LogP contribution in [0.3, 0.4) is 0 Å². The molecular formula is C18H18ClFN2O2. The first-order valence-electron chi connectivity index (χ1n) is 7.61. The van der Waals surface area contributed by atoms with Crippen LogP contribution in [-0.4, -0.2) is 24.9 Å². The fourth-order valence-corrected chi connectivity index (χ4v) is 2.38. The topological polar surface area (TPSA) is 58.2 Å². The van der Waals surface area contributed by atoms with Crippen LogP contribution in [-0.2, 0) is 11.2 Å².